The van der Waals surface area contributed by atoms with Crippen molar-refractivity contribution in [2.75, 3.05) is 19.1 Å². The first-order valence-corrected chi connectivity index (χ1v) is 7.09. The molecule has 0 heterocycles. The van der Waals surface area contributed by atoms with Gasteiger partial charge < -0.3 is 15.3 Å². The molecule has 98 valence electrons. The van der Waals surface area contributed by atoms with Crippen LogP contribution in [0.3, 0.4) is 0 Å². The number of rotatable bonds is 5. The molecule has 0 aliphatic heterocycles. The number of carbonyl (C=O) groups is 2. The van der Waals surface area contributed by atoms with Gasteiger partial charge in [0, 0.05) is 18.8 Å². The van der Waals surface area contributed by atoms with Gasteiger partial charge in [-0.05, 0) is 32.4 Å². The van der Waals surface area contributed by atoms with Crippen LogP contribution in [-0.4, -0.2) is 52.6 Å². The molecule has 1 unspecified atom stereocenters. The summed E-state index contributed by atoms with van der Waals surface area (Å²) in [5.74, 6) is -0.0905. The third-order valence-electron chi connectivity index (χ3n) is 3.35. The number of carbonyl (C=O) groups excluding carboxylic acids is 1. The van der Waals surface area contributed by atoms with Crippen LogP contribution in [0.25, 0.3) is 0 Å². The lowest BCUT2D eigenvalue weighted by Crippen LogP contribution is -2.62. The summed E-state index contributed by atoms with van der Waals surface area (Å²) in [5, 5.41) is 11.8. The second kappa shape index (κ2) is 5.62. The van der Waals surface area contributed by atoms with Gasteiger partial charge in [0.25, 0.3) is 0 Å². The fourth-order valence-electron chi connectivity index (χ4n) is 1.77. The Morgan fingerprint density at radius 2 is 2.12 bits per heavy atom. The maximum atomic E-state index is 11.9. The zero-order chi connectivity index (χ0) is 13.1. The molecule has 0 bridgehead atoms. The molecule has 1 saturated carbocycles. The van der Waals surface area contributed by atoms with Crippen molar-refractivity contribution in [1.29, 1.82) is 0 Å². The van der Waals surface area contributed by atoms with Crippen molar-refractivity contribution in [1.82, 2.24) is 10.2 Å². The van der Waals surface area contributed by atoms with Crippen LogP contribution in [0.5, 0.6) is 0 Å². The fraction of sp³-hybridized carbons (Fsp3) is 0.818. The van der Waals surface area contributed by atoms with Gasteiger partial charge in [0.2, 0.25) is 0 Å². The van der Waals surface area contributed by atoms with E-state index in [0.29, 0.717) is 12.8 Å². The van der Waals surface area contributed by atoms with Crippen molar-refractivity contribution in [2.24, 2.45) is 0 Å². The van der Waals surface area contributed by atoms with Crippen LogP contribution in [0.15, 0.2) is 0 Å². The third kappa shape index (κ3) is 3.06. The molecule has 1 aliphatic carbocycles. The van der Waals surface area contributed by atoms with E-state index in [9.17, 15) is 9.59 Å². The maximum absolute atomic E-state index is 11.9. The first kappa shape index (κ1) is 14.2. The highest BCUT2D eigenvalue weighted by Gasteiger charge is 2.46. The summed E-state index contributed by atoms with van der Waals surface area (Å²) < 4.78 is 0. The van der Waals surface area contributed by atoms with Gasteiger partial charge in [-0.15, -0.1) is 0 Å². The number of nitrogens with zero attached hydrogens (tertiary/aromatic N) is 1. The molecular formula is C11H20N2O3S. The maximum Gasteiger partial charge on any atom is 0.329 e. The average Bonchev–Trinajstić information content (AvgIpc) is 2.21. The van der Waals surface area contributed by atoms with Crippen LogP contribution in [-0.2, 0) is 4.79 Å². The highest BCUT2D eigenvalue weighted by molar-refractivity contribution is 7.98. The number of nitrogens with one attached hydrogen (secondary N) is 1. The van der Waals surface area contributed by atoms with Crippen LogP contribution < -0.4 is 5.32 Å². The summed E-state index contributed by atoms with van der Waals surface area (Å²) in [7, 11) is 1.70. The minimum absolute atomic E-state index is 0.0934. The molecule has 1 rings (SSSR count). The fourth-order valence-corrected chi connectivity index (χ4v) is 2.47. The van der Waals surface area contributed by atoms with Gasteiger partial charge in [0.15, 0.2) is 0 Å². The highest BCUT2D eigenvalue weighted by Crippen LogP contribution is 2.32. The predicted octanol–water partition coefficient (Wildman–Crippen LogP) is 1.39. The topological polar surface area (TPSA) is 69.6 Å². The van der Waals surface area contributed by atoms with Crippen LogP contribution >= 0.6 is 11.8 Å². The Morgan fingerprint density at radius 3 is 2.47 bits per heavy atom. The number of carboxylic acid groups (broad SMARTS) is 1. The molecule has 0 saturated heterocycles. The van der Waals surface area contributed by atoms with Crippen LogP contribution in [0, 0.1) is 0 Å². The molecule has 2 amide bonds. The molecule has 0 spiro atoms. The predicted molar refractivity (Wildman–Crippen MR) is 68.4 cm³/mol. The SMILES string of the molecule is CSCC(C)N(C)C(=O)NC1(C(=O)O)CCC1. The Kier molecular flexibility index (Phi) is 4.68. The smallest absolute Gasteiger partial charge is 0.329 e. The number of carboxylic acids is 1. The van der Waals surface area contributed by atoms with E-state index in [2.05, 4.69) is 5.32 Å². The molecule has 17 heavy (non-hydrogen) atoms. The summed E-state index contributed by atoms with van der Waals surface area (Å²) in [4.78, 5) is 24.6. The van der Waals surface area contributed by atoms with Crippen molar-refractivity contribution >= 4 is 23.8 Å². The molecule has 1 fully saturated rings. The van der Waals surface area contributed by atoms with Crippen molar-refractivity contribution in [2.45, 2.75) is 37.8 Å². The molecule has 0 aromatic heterocycles. The number of amides is 2. The minimum Gasteiger partial charge on any atom is -0.480 e. The Balaban J connectivity index is 2.56. The Bertz CT molecular complexity index is 305. The van der Waals surface area contributed by atoms with E-state index in [4.69, 9.17) is 5.11 Å². The van der Waals surface area contributed by atoms with Crippen LogP contribution in [0.1, 0.15) is 26.2 Å². The van der Waals surface area contributed by atoms with E-state index in [0.717, 1.165) is 12.2 Å². The van der Waals surface area contributed by atoms with E-state index in [1.54, 1.807) is 23.7 Å². The van der Waals surface area contributed by atoms with Crippen molar-refractivity contribution in [3.05, 3.63) is 0 Å². The zero-order valence-electron chi connectivity index (χ0n) is 10.5. The molecule has 1 atom stereocenters. The summed E-state index contributed by atoms with van der Waals surface area (Å²) in [5.41, 5.74) is -1.02. The van der Waals surface area contributed by atoms with Crippen LogP contribution in [0.2, 0.25) is 0 Å². The quantitative estimate of drug-likeness (QED) is 0.783. The van der Waals surface area contributed by atoms with Crippen molar-refractivity contribution < 1.29 is 14.7 Å². The first-order chi connectivity index (χ1) is 7.93. The van der Waals surface area contributed by atoms with E-state index in [1.165, 1.54) is 0 Å². The first-order valence-electron chi connectivity index (χ1n) is 5.70. The molecular weight excluding hydrogens is 240 g/mol. The second-order valence-corrected chi connectivity index (χ2v) is 5.50. The summed E-state index contributed by atoms with van der Waals surface area (Å²) in [6.45, 7) is 1.95. The lowest BCUT2D eigenvalue weighted by Gasteiger charge is -2.40. The Hall–Kier alpha value is -0.910. The van der Waals surface area contributed by atoms with Crippen molar-refractivity contribution in [3.8, 4) is 0 Å². The minimum atomic E-state index is -1.02. The lowest BCUT2D eigenvalue weighted by atomic mass is 9.77. The van der Waals surface area contributed by atoms with Crippen molar-refractivity contribution in [3.63, 3.8) is 0 Å². The average molecular weight is 260 g/mol. The summed E-state index contributed by atoms with van der Waals surface area (Å²) >= 11 is 1.66. The van der Waals surface area contributed by atoms with E-state index < -0.39 is 11.5 Å². The van der Waals surface area contributed by atoms with E-state index >= 15 is 0 Å². The van der Waals surface area contributed by atoms with Gasteiger partial charge in [0.05, 0.1) is 0 Å². The molecule has 0 aromatic carbocycles. The second-order valence-electron chi connectivity index (χ2n) is 4.59. The standard InChI is InChI=1S/C11H20N2O3S/c1-8(7-17-3)13(2)10(16)12-11(9(14)15)5-4-6-11/h8H,4-7H2,1-3H3,(H,12,16)(H,14,15). The lowest BCUT2D eigenvalue weighted by molar-refractivity contribution is -0.148. The molecule has 6 heteroatoms. The molecule has 5 nitrogen and oxygen atoms in total. The van der Waals surface area contributed by atoms with Gasteiger partial charge in [-0.1, -0.05) is 0 Å². The number of urea groups is 1. The number of hydrogen-bond acceptors (Lipinski definition) is 3. The van der Waals surface area contributed by atoms with Gasteiger partial charge in [0.1, 0.15) is 5.54 Å². The largest absolute Gasteiger partial charge is 0.480 e. The number of thioether (sulfide) groups is 1. The molecule has 0 radical (unpaired) electrons. The normalized spacial score (nSPS) is 19.0. The van der Waals surface area contributed by atoms with Crippen LogP contribution in [0.4, 0.5) is 4.79 Å². The monoisotopic (exact) mass is 260 g/mol. The third-order valence-corrected chi connectivity index (χ3v) is 4.17. The highest BCUT2D eigenvalue weighted by atomic mass is 32.2. The molecule has 2 N–H and O–H groups in total. The van der Waals surface area contributed by atoms with Gasteiger partial charge in [-0.3, -0.25) is 0 Å². The van der Waals surface area contributed by atoms with E-state index in [-0.39, 0.29) is 12.1 Å². The number of aliphatic carboxylic acids is 1. The summed E-state index contributed by atoms with van der Waals surface area (Å²) in [6.07, 6.45) is 3.89. The van der Waals surface area contributed by atoms with Gasteiger partial charge in [-0.25, -0.2) is 9.59 Å². The van der Waals surface area contributed by atoms with E-state index in [1.807, 2.05) is 13.2 Å². The molecule has 0 aromatic rings. The zero-order valence-corrected chi connectivity index (χ0v) is 11.3. The number of hydrogen-bond donors (Lipinski definition) is 2. The Morgan fingerprint density at radius 1 is 1.53 bits per heavy atom. The summed E-state index contributed by atoms with van der Waals surface area (Å²) in [6, 6.07) is -0.204. The van der Waals surface area contributed by atoms with Gasteiger partial charge >= 0.3 is 12.0 Å². The Labute approximate surface area is 106 Å². The van der Waals surface area contributed by atoms with Gasteiger partial charge in [-0.2, -0.15) is 11.8 Å². The molecule has 1 aliphatic rings.